The van der Waals surface area contributed by atoms with Crippen LogP contribution in [0.1, 0.15) is 32.3 Å². The smallest absolute Gasteiger partial charge is 0.0944 e. The summed E-state index contributed by atoms with van der Waals surface area (Å²) in [6, 6.07) is 10.0. The highest BCUT2D eigenvalue weighted by Gasteiger charge is 2.09. The molecule has 2 heteroatoms. The summed E-state index contributed by atoms with van der Waals surface area (Å²) >= 11 is 0. The van der Waals surface area contributed by atoms with Gasteiger partial charge in [-0.2, -0.15) is 0 Å². The van der Waals surface area contributed by atoms with Crippen LogP contribution < -0.4 is 0 Å². The summed E-state index contributed by atoms with van der Waals surface area (Å²) in [4.78, 5) is 0. The van der Waals surface area contributed by atoms with E-state index in [0.717, 1.165) is 18.4 Å². The average Bonchev–Trinajstić information content (AvgIpc) is 2.34. The van der Waals surface area contributed by atoms with Crippen molar-refractivity contribution in [2.75, 3.05) is 13.3 Å². The van der Waals surface area contributed by atoms with Gasteiger partial charge in [-0.25, -0.2) is 0 Å². The Labute approximate surface area is 104 Å². The summed E-state index contributed by atoms with van der Waals surface area (Å²) in [6.07, 6.45) is 1.99. The maximum atomic E-state index is 12.8. The SMILES string of the molecule is CC(C)CCC(CF)COCc1ccccc1. The van der Waals surface area contributed by atoms with Gasteiger partial charge >= 0.3 is 0 Å². The normalized spacial score (nSPS) is 12.9. The molecule has 0 aromatic heterocycles. The molecule has 0 spiro atoms. The van der Waals surface area contributed by atoms with E-state index in [1.54, 1.807) is 0 Å². The van der Waals surface area contributed by atoms with Gasteiger partial charge in [0, 0.05) is 5.92 Å². The van der Waals surface area contributed by atoms with E-state index in [9.17, 15) is 4.39 Å². The molecule has 0 saturated heterocycles. The van der Waals surface area contributed by atoms with Gasteiger partial charge in [-0.1, -0.05) is 50.6 Å². The lowest BCUT2D eigenvalue weighted by atomic mass is 9.99. The zero-order chi connectivity index (χ0) is 12.5. The zero-order valence-corrected chi connectivity index (χ0v) is 10.9. The summed E-state index contributed by atoms with van der Waals surface area (Å²) in [5.74, 6) is 0.694. The van der Waals surface area contributed by atoms with Crippen molar-refractivity contribution in [1.29, 1.82) is 0 Å². The highest BCUT2D eigenvalue weighted by atomic mass is 19.1. The largest absolute Gasteiger partial charge is 0.376 e. The Bertz CT molecular complexity index is 284. The Balaban J connectivity index is 2.19. The standard InChI is InChI=1S/C15H23FO/c1-13(2)8-9-15(10-16)12-17-11-14-6-4-3-5-7-14/h3-7,13,15H,8-12H2,1-2H3. The Hall–Kier alpha value is -0.890. The minimum atomic E-state index is -0.276. The summed E-state index contributed by atoms with van der Waals surface area (Å²) in [6.45, 7) is 5.17. The van der Waals surface area contributed by atoms with Crippen molar-refractivity contribution in [3.05, 3.63) is 35.9 Å². The van der Waals surface area contributed by atoms with Crippen LogP contribution >= 0.6 is 0 Å². The van der Waals surface area contributed by atoms with Gasteiger partial charge in [-0.05, 0) is 17.9 Å². The van der Waals surface area contributed by atoms with Gasteiger partial charge in [0.15, 0.2) is 0 Å². The highest BCUT2D eigenvalue weighted by Crippen LogP contribution is 2.14. The predicted octanol–water partition coefficient (Wildman–Crippen LogP) is 4.23. The molecule has 0 fully saturated rings. The monoisotopic (exact) mass is 238 g/mol. The van der Waals surface area contributed by atoms with Crippen molar-refractivity contribution in [3.8, 4) is 0 Å². The molecule has 1 aromatic carbocycles. The van der Waals surface area contributed by atoms with Gasteiger partial charge in [0.25, 0.3) is 0 Å². The molecule has 0 amide bonds. The van der Waals surface area contributed by atoms with E-state index in [4.69, 9.17) is 4.74 Å². The molecule has 0 N–H and O–H groups in total. The van der Waals surface area contributed by atoms with Gasteiger partial charge < -0.3 is 4.74 Å². The lowest BCUT2D eigenvalue weighted by Crippen LogP contribution is -2.12. The molecule has 0 aliphatic rings. The van der Waals surface area contributed by atoms with Crippen molar-refractivity contribution in [3.63, 3.8) is 0 Å². The molecule has 0 aliphatic heterocycles. The van der Waals surface area contributed by atoms with Crippen LogP contribution in [-0.2, 0) is 11.3 Å². The lowest BCUT2D eigenvalue weighted by molar-refractivity contribution is 0.0728. The van der Waals surface area contributed by atoms with Crippen LogP contribution in [0.5, 0.6) is 0 Å². The third kappa shape index (κ3) is 6.42. The summed E-state index contributed by atoms with van der Waals surface area (Å²) in [5.41, 5.74) is 1.15. The second-order valence-corrected chi connectivity index (χ2v) is 4.99. The van der Waals surface area contributed by atoms with E-state index >= 15 is 0 Å². The Kier molecular flexibility index (Phi) is 6.87. The van der Waals surface area contributed by atoms with Gasteiger partial charge in [-0.15, -0.1) is 0 Å². The Morgan fingerprint density at radius 1 is 1.12 bits per heavy atom. The molecule has 1 atom stereocenters. The number of benzene rings is 1. The number of halogens is 1. The highest BCUT2D eigenvalue weighted by molar-refractivity contribution is 5.13. The van der Waals surface area contributed by atoms with Crippen LogP contribution in [0, 0.1) is 11.8 Å². The fourth-order valence-electron chi connectivity index (χ4n) is 1.69. The fourth-order valence-corrected chi connectivity index (χ4v) is 1.69. The molecular weight excluding hydrogens is 215 g/mol. The second kappa shape index (κ2) is 8.24. The van der Waals surface area contributed by atoms with Crippen LogP contribution in [0.2, 0.25) is 0 Å². The summed E-state index contributed by atoms with van der Waals surface area (Å²) in [7, 11) is 0. The molecular formula is C15H23FO. The number of alkyl halides is 1. The molecule has 0 heterocycles. The first-order valence-electron chi connectivity index (χ1n) is 6.40. The topological polar surface area (TPSA) is 9.23 Å². The van der Waals surface area contributed by atoms with Crippen LogP contribution in [0.3, 0.4) is 0 Å². The van der Waals surface area contributed by atoms with E-state index in [1.165, 1.54) is 0 Å². The van der Waals surface area contributed by atoms with E-state index in [1.807, 2.05) is 30.3 Å². The van der Waals surface area contributed by atoms with Crippen molar-refractivity contribution in [2.24, 2.45) is 11.8 Å². The van der Waals surface area contributed by atoms with Crippen LogP contribution in [0.4, 0.5) is 4.39 Å². The molecule has 0 radical (unpaired) electrons. The molecule has 1 aromatic rings. The van der Waals surface area contributed by atoms with Crippen LogP contribution in [0.15, 0.2) is 30.3 Å². The quantitative estimate of drug-likeness (QED) is 0.658. The van der Waals surface area contributed by atoms with Gasteiger partial charge in [-0.3, -0.25) is 4.39 Å². The Morgan fingerprint density at radius 3 is 2.41 bits per heavy atom. The minimum Gasteiger partial charge on any atom is -0.376 e. The molecule has 0 saturated carbocycles. The molecule has 17 heavy (non-hydrogen) atoms. The van der Waals surface area contributed by atoms with Gasteiger partial charge in [0.1, 0.15) is 0 Å². The molecule has 96 valence electrons. The molecule has 1 rings (SSSR count). The molecule has 1 unspecified atom stereocenters. The first kappa shape index (κ1) is 14.2. The van der Waals surface area contributed by atoms with Crippen molar-refractivity contribution in [1.82, 2.24) is 0 Å². The summed E-state index contributed by atoms with van der Waals surface area (Å²) in [5, 5.41) is 0. The van der Waals surface area contributed by atoms with Crippen molar-refractivity contribution < 1.29 is 9.13 Å². The summed E-state index contributed by atoms with van der Waals surface area (Å²) < 4.78 is 18.3. The van der Waals surface area contributed by atoms with Gasteiger partial charge in [0.05, 0.1) is 19.9 Å². The van der Waals surface area contributed by atoms with E-state index in [2.05, 4.69) is 13.8 Å². The first-order valence-corrected chi connectivity index (χ1v) is 6.40. The van der Waals surface area contributed by atoms with E-state index in [-0.39, 0.29) is 12.6 Å². The third-order valence-electron chi connectivity index (χ3n) is 2.84. The molecule has 0 aliphatic carbocycles. The number of rotatable bonds is 8. The fraction of sp³-hybridized carbons (Fsp3) is 0.600. The van der Waals surface area contributed by atoms with Crippen molar-refractivity contribution >= 4 is 0 Å². The molecule has 0 bridgehead atoms. The number of hydrogen-bond acceptors (Lipinski definition) is 1. The van der Waals surface area contributed by atoms with Crippen LogP contribution in [0.25, 0.3) is 0 Å². The van der Waals surface area contributed by atoms with Crippen molar-refractivity contribution in [2.45, 2.75) is 33.3 Å². The predicted molar refractivity (Wildman–Crippen MR) is 69.6 cm³/mol. The van der Waals surface area contributed by atoms with Gasteiger partial charge in [0.2, 0.25) is 0 Å². The van der Waals surface area contributed by atoms with E-state index < -0.39 is 0 Å². The minimum absolute atomic E-state index is 0.0566. The zero-order valence-electron chi connectivity index (χ0n) is 10.9. The number of hydrogen-bond donors (Lipinski definition) is 0. The maximum Gasteiger partial charge on any atom is 0.0944 e. The maximum absolute atomic E-state index is 12.8. The lowest BCUT2D eigenvalue weighted by Gasteiger charge is -2.14. The van der Waals surface area contributed by atoms with E-state index in [0.29, 0.717) is 19.1 Å². The third-order valence-corrected chi connectivity index (χ3v) is 2.84. The number of ether oxygens (including phenoxy) is 1. The first-order chi connectivity index (χ1) is 8.22. The van der Waals surface area contributed by atoms with Crippen LogP contribution in [-0.4, -0.2) is 13.3 Å². The average molecular weight is 238 g/mol. The second-order valence-electron chi connectivity index (χ2n) is 4.99. The Morgan fingerprint density at radius 2 is 1.82 bits per heavy atom. The molecule has 1 nitrogen and oxygen atoms in total.